The highest BCUT2D eigenvalue weighted by molar-refractivity contribution is 5.94. The maximum atomic E-state index is 12.3. The first-order valence-corrected chi connectivity index (χ1v) is 9.33. The first-order chi connectivity index (χ1) is 13.3. The highest BCUT2D eigenvalue weighted by Crippen LogP contribution is 2.15. The van der Waals surface area contributed by atoms with Gasteiger partial charge in [-0.15, -0.1) is 0 Å². The third kappa shape index (κ3) is 5.42. The van der Waals surface area contributed by atoms with Crippen molar-refractivity contribution in [3.8, 4) is 0 Å². The highest BCUT2D eigenvalue weighted by Gasteiger charge is 2.10. The summed E-state index contributed by atoms with van der Waals surface area (Å²) in [6.07, 6.45) is 2.47. The van der Waals surface area contributed by atoms with Crippen LogP contribution in [0, 0.1) is 0 Å². The maximum Gasteiger partial charge on any atom is 0.252 e. The van der Waals surface area contributed by atoms with Crippen LogP contribution in [0.1, 0.15) is 28.4 Å². The van der Waals surface area contributed by atoms with Gasteiger partial charge >= 0.3 is 0 Å². The lowest BCUT2D eigenvalue weighted by molar-refractivity contribution is 0.0954. The van der Waals surface area contributed by atoms with Gasteiger partial charge in [0.25, 0.3) is 5.91 Å². The Morgan fingerprint density at radius 1 is 0.926 bits per heavy atom. The van der Waals surface area contributed by atoms with E-state index in [9.17, 15) is 4.79 Å². The van der Waals surface area contributed by atoms with E-state index >= 15 is 0 Å². The molecule has 1 aromatic heterocycles. The van der Waals surface area contributed by atoms with Crippen molar-refractivity contribution in [3.05, 3.63) is 95.7 Å². The predicted molar refractivity (Wildman–Crippen MR) is 110 cm³/mol. The number of pyridine rings is 1. The van der Waals surface area contributed by atoms with Crippen LogP contribution in [0.5, 0.6) is 0 Å². The lowest BCUT2D eigenvalue weighted by Gasteiger charge is -2.22. The highest BCUT2D eigenvalue weighted by atomic mass is 16.1. The lowest BCUT2D eigenvalue weighted by Crippen LogP contribution is -2.26. The van der Waals surface area contributed by atoms with Crippen LogP contribution >= 0.6 is 0 Å². The molecule has 0 bridgehead atoms. The Labute approximate surface area is 160 Å². The molecule has 0 radical (unpaired) electrons. The van der Waals surface area contributed by atoms with Crippen molar-refractivity contribution in [2.24, 2.45) is 0 Å². The number of nitrogens with zero attached hydrogens (tertiary/aromatic N) is 2. The number of carbonyl (C=O) groups excluding carboxylic acids is 1. The van der Waals surface area contributed by atoms with E-state index < -0.39 is 0 Å². The molecule has 0 atom stereocenters. The fourth-order valence-electron chi connectivity index (χ4n) is 2.93. The van der Waals surface area contributed by atoms with Crippen molar-refractivity contribution in [2.75, 3.05) is 18.0 Å². The van der Waals surface area contributed by atoms with Crippen molar-refractivity contribution >= 4 is 11.7 Å². The minimum Gasteiger partial charge on any atom is -0.353 e. The molecular weight excluding hydrogens is 334 g/mol. The molecule has 0 saturated carbocycles. The topological polar surface area (TPSA) is 45.2 Å². The van der Waals surface area contributed by atoms with Gasteiger partial charge in [-0.05, 0) is 36.6 Å². The molecule has 0 aliphatic rings. The summed E-state index contributed by atoms with van der Waals surface area (Å²) in [5.74, 6) is 0.790. The molecule has 4 heteroatoms. The molecule has 4 nitrogen and oxygen atoms in total. The van der Waals surface area contributed by atoms with Gasteiger partial charge in [0.05, 0.1) is 5.56 Å². The fraction of sp³-hybridized carbons (Fsp3) is 0.217. The SMILES string of the molecule is CCN(Cc1ccccc1)c1ccc(C(=O)NCCc2ccccc2)cn1. The smallest absolute Gasteiger partial charge is 0.252 e. The molecule has 1 N–H and O–H groups in total. The summed E-state index contributed by atoms with van der Waals surface area (Å²) < 4.78 is 0. The van der Waals surface area contributed by atoms with Crippen molar-refractivity contribution < 1.29 is 4.79 Å². The molecule has 1 heterocycles. The van der Waals surface area contributed by atoms with Gasteiger partial charge in [-0.1, -0.05) is 60.7 Å². The third-order valence-electron chi connectivity index (χ3n) is 4.47. The Kier molecular flexibility index (Phi) is 6.58. The lowest BCUT2D eigenvalue weighted by atomic mass is 10.1. The molecule has 27 heavy (non-hydrogen) atoms. The van der Waals surface area contributed by atoms with E-state index in [0.29, 0.717) is 12.1 Å². The van der Waals surface area contributed by atoms with Crippen molar-refractivity contribution in [3.63, 3.8) is 0 Å². The Bertz CT molecular complexity index is 833. The van der Waals surface area contributed by atoms with Gasteiger partial charge < -0.3 is 10.2 Å². The second-order valence-electron chi connectivity index (χ2n) is 6.40. The Balaban J connectivity index is 1.56. The first kappa shape index (κ1) is 18.6. The number of anilines is 1. The fourth-order valence-corrected chi connectivity index (χ4v) is 2.93. The molecule has 0 spiro atoms. The molecule has 3 aromatic rings. The first-order valence-electron chi connectivity index (χ1n) is 9.33. The zero-order valence-corrected chi connectivity index (χ0v) is 15.6. The van der Waals surface area contributed by atoms with E-state index in [4.69, 9.17) is 0 Å². The summed E-state index contributed by atoms with van der Waals surface area (Å²) in [5.41, 5.74) is 3.04. The van der Waals surface area contributed by atoms with Crippen LogP contribution in [0.2, 0.25) is 0 Å². The molecule has 2 aromatic carbocycles. The molecule has 0 unspecified atom stereocenters. The van der Waals surface area contributed by atoms with Crippen LogP contribution in [0.25, 0.3) is 0 Å². The molecule has 0 saturated heterocycles. The Morgan fingerprint density at radius 2 is 1.59 bits per heavy atom. The molecule has 0 aliphatic heterocycles. The summed E-state index contributed by atoms with van der Waals surface area (Å²) in [6, 6.07) is 24.2. The van der Waals surface area contributed by atoms with E-state index in [0.717, 1.165) is 25.3 Å². The predicted octanol–water partition coefficient (Wildman–Crippen LogP) is 4.08. The van der Waals surface area contributed by atoms with E-state index in [1.807, 2.05) is 48.5 Å². The van der Waals surface area contributed by atoms with Crippen LogP contribution < -0.4 is 10.2 Å². The van der Waals surface area contributed by atoms with Crippen LogP contribution in [-0.4, -0.2) is 24.0 Å². The largest absolute Gasteiger partial charge is 0.353 e. The quantitative estimate of drug-likeness (QED) is 0.659. The molecule has 3 rings (SSSR count). The zero-order chi connectivity index (χ0) is 18.9. The van der Waals surface area contributed by atoms with Gasteiger partial charge in [0, 0.05) is 25.8 Å². The summed E-state index contributed by atoms with van der Waals surface area (Å²) in [7, 11) is 0. The maximum absolute atomic E-state index is 12.3. The minimum atomic E-state index is -0.0870. The van der Waals surface area contributed by atoms with E-state index in [2.05, 4.69) is 46.4 Å². The molecule has 1 amide bonds. The second kappa shape index (κ2) is 9.53. The van der Waals surface area contributed by atoms with Crippen molar-refractivity contribution in [2.45, 2.75) is 19.9 Å². The second-order valence-corrected chi connectivity index (χ2v) is 6.40. The standard InChI is InChI=1S/C23H25N3O/c1-2-26(18-20-11-7-4-8-12-20)22-14-13-21(17-25-22)23(27)24-16-15-19-9-5-3-6-10-19/h3-14,17H,2,15-16,18H2,1H3,(H,24,27). The van der Waals surface area contributed by atoms with Gasteiger partial charge in [0.1, 0.15) is 5.82 Å². The number of aromatic nitrogens is 1. The number of carbonyl (C=O) groups is 1. The Morgan fingerprint density at radius 3 is 2.19 bits per heavy atom. The van der Waals surface area contributed by atoms with Gasteiger partial charge in [-0.2, -0.15) is 0 Å². The van der Waals surface area contributed by atoms with Gasteiger partial charge in [-0.3, -0.25) is 4.79 Å². The van der Waals surface area contributed by atoms with Crippen molar-refractivity contribution in [1.29, 1.82) is 0 Å². The van der Waals surface area contributed by atoms with E-state index in [-0.39, 0.29) is 5.91 Å². The molecule has 138 valence electrons. The number of hydrogen-bond acceptors (Lipinski definition) is 3. The van der Waals surface area contributed by atoms with Gasteiger partial charge in [-0.25, -0.2) is 4.98 Å². The number of hydrogen-bond donors (Lipinski definition) is 1. The number of rotatable bonds is 8. The third-order valence-corrected chi connectivity index (χ3v) is 4.47. The number of nitrogens with one attached hydrogen (secondary N) is 1. The average molecular weight is 359 g/mol. The normalized spacial score (nSPS) is 10.4. The summed E-state index contributed by atoms with van der Waals surface area (Å²) >= 11 is 0. The summed E-state index contributed by atoms with van der Waals surface area (Å²) in [5, 5.41) is 2.96. The van der Waals surface area contributed by atoms with E-state index in [1.54, 1.807) is 6.20 Å². The number of amides is 1. The van der Waals surface area contributed by atoms with Crippen LogP contribution in [0.4, 0.5) is 5.82 Å². The van der Waals surface area contributed by atoms with Crippen LogP contribution in [-0.2, 0) is 13.0 Å². The van der Waals surface area contributed by atoms with Crippen molar-refractivity contribution in [1.82, 2.24) is 10.3 Å². The van der Waals surface area contributed by atoms with Gasteiger partial charge in [0.15, 0.2) is 0 Å². The summed E-state index contributed by atoms with van der Waals surface area (Å²) in [4.78, 5) is 19.0. The number of benzene rings is 2. The average Bonchev–Trinajstić information content (AvgIpc) is 2.73. The molecule has 0 fully saturated rings. The molecule has 0 aliphatic carbocycles. The Hall–Kier alpha value is -3.14. The minimum absolute atomic E-state index is 0.0870. The van der Waals surface area contributed by atoms with E-state index in [1.165, 1.54) is 11.1 Å². The van der Waals surface area contributed by atoms with Gasteiger partial charge in [0.2, 0.25) is 0 Å². The zero-order valence-electron chi connectivity index (χ0n) is 15.6. The van der Waals surface area contributed by atoms with Crippen LogP contribution in [0.15, 0.2) is 79.0 Å². The van der Waals surface area contributed by atoms with Crippen LogP contribution in [0.3, 0.4) is 0 Å². The monoisotopic (exact) mass is 359 g/mol. The summed E-state index contributed by atoms with van der Waals surface area (Å²) in [6.45, 7) is 4.37. The molecular formula is C23H25N3O.